The van der Waals surface area contributed by atoms with Gasteiger partial charge in [0, 0.05) is 6.54 Å². The first-order valence-electron chi connectivity index (χ1n) is 6.72. The number of carbonyl (C=O) groups excluding carboxylic acids is 1. The monoisotopic (exact) mass is 276 g/mol. The molecular formula is C13H22F2N2O2. The Balaban J connectivity index is 2.09. The van der Waals surface area contributed by atoms with Crippen molar-refractivity contribution in [1.29, 1.82) is 0 Å². The second-order valence-corrected chi connectivity index (χ2v) is 6.57. The van der Waals surface area contributed by atoms with Gasteiger partial charge in [-0.2, -0.15) is 0 Å². The van der Waals surface area contributed by atoms with Crippen LogP contribution < -0.4 is 5.32 Å². The van der Waals surface area contributed by atoms with E-state index in [0.29, 0.717) is 25.9 Å². The lowest BCUT2D eigenvalue weighted by atomic mass is 9.76. The van der Waals surface area contributed by atoms with E-state index < -0.39 is 29.6 Å². The SMILES string of the molecule is CC(C)(C)OC(=O)N1CC(F)(F)C2(CCNCC2)C1. The largest absolute Gasteiger partial charge is 0.444 e. The highest BCUT2D eigenvalue weighted by Gasteiger charge is 2.61. The van der Waals surface area contributed by atoms with Crippen LogP contribution in [0.25, 0.3) is 0 Å². The first-order chi connectivity index (χ1) is 8.65. The Morgan fingerprint density at radius 2 is 1.79 bits per heavy atom. The number of hydrogen-bond acceptors (Lipinski definition) is 3. The van der Waals surface area contributed by atoms with Gasteiger partial charge in [0.25, 0.3) is 5.92 Å². The van der Waals surface area contributed by atoms with Crippen LogP contribution in [-0.4, -0.2) is 48.7 Å². The van der Waals surface area contributed by atoms with E-state index in [1.54, 1.807) is 20.8 Å². The Hall–Kier alpha value is -0.910. The molecule has 2 aliphatic heterocycles. The highest BCUT2D eigenvalue weighted by molar-refractivity contribution is 5.69. The molecule has 1 N–H and O–H groups in total. The number of likely N-dealkylation sites (tertiary alicyclic amines) is 1. The third-order valence-corrected chi connectivity index (χ3v) is 3.87. The van der Waals surface area contributed by atoms with Gasteiger partial charge < -0.3 is 15.0 Å². The summed E-state index contributed by atoms with van der Waals surface area (Å²) >= 11 is 0. The van der Waals surface area contributed by atoms with Crippen molar-refractivity contribution in [3.8, 4) is 0 Å². The van der Waals surface area contributed by atoms with Crippen molar-refractivity contribution in [3.05, 3.63) is 0 Å². The molecule has 2 rings (SSSR count). The van der Waals surface area contributed by atoms with Gasteiger partial charge in [-0.05, 0) is 46.7 Å². The molecule has 19 heavy (non-hydrogen) atoms. The van der Waals surface area contributed by atoms with Crippen LogP contribution in [-0.2, 0) is 4.74 Å². The molecule has 2 saturated heterocycles. The molecule has 0 aromatic carbocycles. The summed E-state index contributed by atoms with van der Waals surface area (Å²) in [7, 11) is 0. The fourth-order valence-electron chi connectivity index (χ4n) is 2.83. The zero-order valence-electron chi connectivity index (χ0n) is 11.8. The van der Waals surface area contributed by atoms with Gasteiger partial charge in [-0.25, -0.2) is 13.6 Å². The number of nitrogens with one attached hydrogen (secondary N) is 1. The van der Waals surface area contributed by atoms with Crippen LogP contribution in [0.1, 0.15) is 33.6 Å². The molecule has 0 aliphatic carbocycles. The highest BCUT2D eigenvalue weighted by Crippen LogP contribution is 2.49. The van der Waals surface area contributed by atoms with E-state index in [1.807, 2.05) is 0 Å². The van der Waals surface area contributed by atoms with Crippen LogP contribution in [0.5, 0.6) is 0 Å². The summed E-state index contributed by atoms with van der Waals surface area (Å²) in [6.45, 7) is 5.94. The summed E-state index contributed by atoms with van der Waals surface area (Å²) in [6.07, 6.45) is 0.168. The van der Waals surface area contributed by atoms with Gasteiger partial charge in [0.2, 0.25) is 0 Å². The second kappa shape index (κ2) is 4.58. The molecule has 0 aromatic heterocycles. The average Bonchev–Trinajstić information content (AvgIpc) is 2.50. The van der Waals surface area contributed by atoms with Gasteiger partial charge in [-0.1, -0.05) is 0 Å². The molecule has 2 heterocycles. The van der Waals surface area contributed by atoms with Crippen molar-refractivity contribution in [2.45, 2.75) is 45.1 Å². The second-order valence-electron chi connectivity index (χ2n) is 6.57. The number of hydrogen-bond donors (Lipinski definition) is 1. The smallest absolute Gasteiger partial charge is 0.410 e. The maximum Gasteiger partial charge on any atom is 0.410 e. The lowest BCUT2D eigenvalue weighted by molar-refractivity contribution is -0.0973. The summed E-state index contributed by atoms with van der Waals surface area (Å²) < 4.78 is 33.7. The molecule has 0 unspecified atom stereocenters. The summed E-state index contributed by atoms with van der Waals surface area (Å²) in [5.41, 5.74) is -1.73. The van der Waals surface area contributed by atoms with Gasteiger partial charge in [0.1, 0.15) is 5.60 Å². The Bertz CT molecular complexity index is 360. The zero-order valence-corrected chi connectivity index (χ0v) is 11.8. The zero-order chi connectivity index (χ0) is 14.3. The van der Waals surface area contributed by atoms with E-state index in [0.717, 1.165) is 4.90 Å². The summed E-state index contributed by atoms with van der Waals surface area (Å²) in [5.74, 6) is -2.83. The maximum absolute atomic E-state index is 14.3. The van der Waals surface area contributed by atoms with Gasteiger partial charge in [0.15, 0.2) is 0 Å². The van der Waals surface area contributed by atoms with Crippen LogP contribution in [0, 0.1) is 5.41 Å². The van der Waals surface area contributed by atoms with Gasteiger partial charge in [0.05, 0.1) is 12.0 Å². The Kier molecular flexibility index (Phi) is 3.49. The molecule has 2 aliphatic rings. The van der Waals surface area contributed by atoms with Gasteiger partial charge >= 0.3 is 6.09 Å². The van der Waals surface area contributed by atoms with Gasteiger partial charge in [-0.15, -0.1) is 0 Å². The van der Waals surface area contributed by atoms with Crippen molar-refractivity contribution < 1.29 is 18.3 Å². The third-order valence-electron chi connectivity index (χ3n) is 3.87. The van der Waals surface area contributed by atoms with E-state index in [-0.39, 0.29) is 6.54 Å². The number of piperidine rings is 1. The number of halogens is 2. The van der Waals surface area contributed by atoms with E-state index in [9.17, 15) is 13.6 Å². The van der Waals surface area contributed by atoms with E-state index >= 15 is 0 Å². The van der Waals surface area contributed by atoms with Crippen LogP contribution in [0.3, 0.4) is 0 Å². The Morgan fingerprint density at radius 1 is 1.21 bits per heavy atom. The summed E-state index contributed by atoms with van der Waals surface area (Å²) in [6, 6.07) is 0. The van der Waals surface area contributed by atoms with Crippen molar-refractivity contribution in [1.82, 2.24) is 10.2 Å². The number of nitrogens with zero attached hydrogens (tertiary/aromatic N) is 1. The highest BCUT2D eigenvalue weighted by atomic mass is 19.3. The first kappa shape index (κ1) is 14.5. The molecule has 4 nitrogen and oxygen atoms in total. The minimum atomic E-state index is -2.83. The molecule has 0 saturated carbocycles. The molecule has 6 heteroatoms. The lowest BCUT2D eigenvalue weighted by Crippen LogP contribution is -2.47. The van der Waals surface area contributed by atoms with Crippen molar-refractivity contribution in [2.24, 2.45) is 5.41 Å². The molecule has 1 spiro atoms. The average molecular weight is 276 g/mol. The number of rotatable bonds is 0. The molecule has 1 amide bonds. The van der Waals surface area contributed by atoms with Crippen molar-refractivity contribution >= 4 is 6.09 Å². The Labute approximate surface area is 112 Å². The number of ether oxygens (including phenoxy) is 1. The molecule has 0 bridgehead atoms. The maximum atomic E-state index is 14.3. The predicted molar refractivity (Wildman–Crippen MR) is 67.3 cm³/mol. The van der Waals surface area contributed by atoms with E-state index in [1.165, 1.54) is 0 Å². The molecule has 0 aromatic rings. The fraction of sp³-hybridized carbons (Fsp3) is 0.923. The quantitative estimate of drug-likeness (QED) is 0.738. The minimum Gasteiger partial charge on any atom is -0.444 e. The normalized spacial score (nSPS) is 25.6. The molecule has 2 fully saturated rings. The molecular weight excluding hydrogens is 254 g/mol. The number of carbonyl (C=O) groups is 1. The predicted octanol–water partition coefficient (Wildman–Crippen LogP) is 2.24. The first-order valence-corrected chi connectivity index (χ1v) is 6.72. The minimum absolute atomic E-state index is 0.0938. The standard InChI is InChI=1S/C13H22F2N2O2/c1-11(2,3)19-10(18)17-8-12(13(14,15)9-17)4-6-16-7-5-12/h16H,4-9H2,1-3H3. The van der Waals surface area contributed by atoms with Crippen LogP contribution >= 0.6 is 0 Å². The lowest BCUT2D eigenvalue weighted by Gasteiger charge is -2.37. The van der Waals surface area contributed by atoms with Crippen molar-refractivity contribution in [3.63, 3.8) is 0 Å². The fourth-order valence-corrected chi connectivity index (χ4v) is 2.83. The summed E-state index contributed by atoms with van der Waals surface area (Å²) in [4.78, 5) is 13.1. The molecule has 0 radical (unpaired) electrons. The topological polar surface area (TPSA) is 41.6 Å². The third kappa shape index (κ3) is 2.83. The van der Waals surface area contributed by atoms with E-state index in [2.05, 4.69) is 5.32 Å². The van der Waals surface area contributed by atoms with Crippen molar-refractivity contribution in [2.75, 3.05) is 26.2 Å². The Morgan fingerprint density at radius 3 is 2.32 bits per heavy atom. The number of amides is 1. The van der Waals surface area contributed by atoms with Crippen LogP contribution in [0.4, 0.5) is 13.6 Å². The molecule has 0 atom stereocenters. The number of alkyl halides is 2. The molecule has 110 valence electrons. The van der Waals surface area contributed by atoms with Gasteiger partial charge in [-0.3, -0.25) is 0 Å². The van der Waals surface area contributed by atoms with E-state index in [4.69, 9.17) is 4.74 Å². The summed E-state index contributed by atoms with van der Waals surface area (Å²) in [5, 5.41) is 3.09. The van der Waals surface area contributed by atoms with Crippen LogP contribution in [0.2, 0.25) is 0 Å². The van der Waals surface area contributed by atoms with Crippen LogP contribution in [0.15, 0.2) is 0 Å².